The summed E-state index contributed by atoms with van der Waals surface area (Å²) in [7, 11) is 0. The van der Waals surface area contributed by atoms with Crippen LogP contribution in [-0.2, 0) is 17.8 Å². The number of aliphatic hydroxyl groups excluding tert-OH is 1. The smallest absolute Gasteiger partial charge is 0.326 e. The van der Waals surface area contributed by atoms with Gasteiger partial charge in [0.2, 0.25) is 0 Å². The lowest BCUT2D eigenvalue weighted by Crippen LogP contribution is -2.46. The number of β-amino-alcohol motifs (C(OH)–C–C–N with tert-alkyl or cyclic N) is 1. The number of thiophene rings is 1. The van der Waals surface area contributed by atoms with Crippen LogP contribution in [0.4, 0.5) is 5.69 Å². The number of rotatable bonds is 16. The van der Waals surface area contributed by atoms with Crippen LogP contribution in [0.5, 0.6) is 5.75 Å². The zero-order chi connectivity index (χ0) is 32.5. The number of anilines is 1. The van der Waals surface area contributed by atoms with Gasteiger partial charge in [0, 0.05) is 52.2 Å². The first-order valence-electron chi connectivity index (χ1n) is 15.5. The zero-order valence-corrected chi connectivity index (χ0v) is 27.4. The minimum Gasteiger partial charge on any atom is -0.492 e. The number of carbonyl (C=O) groups is 2. The minimum atomic E-state index is -1.09. The molecule has 1 fully saturated rings. The number of carbonyl (C=O) groups excluding carboxylic acids is 1. The summed E-state index contributed by atoms with van der Waals surface area (Å²) in [5.41, 5.74) is 10.7. The molecule has 1 unspecified atom stereocenters. The molecule has 2 aromatic carbocycles. The molecule has 0 saturated carbocycles. The fourth-order valence-electron chi connectivity index (χ4n) is 5.65. The van der Waals surface area contributed by atoms with Crippen LogP contribution in [0, 0.1) is 0 Å². The van der Waals surface area contributed by atoms with E-state index in [1.54, 1.807) is 5.38 Å². The summed E-state index contributed by atoms with van der Waals surface area (Å²) in [5.74, 6) is -0.365. The molecule has 246 valence electrons. The number of hydrogen-bond donors (Lipinski definition) is 6. The topological polar surface area (TPSA) is 152 Å². The Morgan fingerprint density at radius 2 is 1.91 bits per heavy atom. The summed E-state index contributed by atoms with van der Waals surface area (Å²) >= 11 is 2.63. The number of nitrogens with zero attached hydrogens (tertiary/aromatic N) is 2. The van der Waals surface area contributed by atoms with Gasteiger partial charge in [0.15, 0.2) is 0 Å². The Hall–Kier alpha value is -3.75. The van der Waals surface area contributed by atoms with Gasteiger partial charge in [-0.2, -0.15) is 0 Å². The highest BCUT2D eigenvalue weighted by Gasteiger charge is 2.24. The number of ether oxygens (including phenoxy) is 1. The third-order valence-electron chi connectivity index (χ3n) is 8.06. The standard InChI is InChI=1S/C33H42N6O5S2/c1-22(34)35-9-3-6-28(33(42)43)36-32(41)31-27(8-17-45-31)37-46-29-20-26(19-25-7-16-44-30(25)29)24-5-2-4-23(18-24)21-39-12-10-38(11-13-39)14-15-40/h2,4-5,8,17-20,28,35,37,40H,1,3,6-7,9-16,21,34H2,(H,36,41)(H,42,43). The van der Waals surface area contributed by atoms with Gasteiger partial charge < -0.3 is 36.0 Å². The van der Waals surface area contributed by atoms with Crippen molar-refractivity contribution in [2.24, 2.45) is 5.73 Å². The van der Waals surface area contributed by atoms with E-state index in [0.717, 1.165) is 73.0 Å². The number of nitrogens with two attached hydrogens (primary N) is 1. The molecule has 3 aromatic rings. The molecule has 0 aliphatic carbocycles. The number of carboxylic acid groups (broad SMARTS) is 1. The SMILES string of the molecule is C=C(N)NCCCC(NC(=O)c1sccc1NSc1cc(-c2cccc(CN3CCN(CCO)CC3)c2)cc2c1OCC2)C(=O)O. The molecule has 2 aliphatic heterocycles. The first kappa shape index (κ1) is 33.6. The highest BCUT2D eigenvalue weighted by Crippen LogP contribution is 2.41. The lowest BCUT2D eigenvalue weighted by molar-refractivity contribution is -0.139. The molecule has 1 saturated heterocycles. The van der Waals surface area contributed by atoms with Crippen LogP contribution in [0.25, 0.3) is 11.1 Å². The Morgan fingerprint density at radius 3 is 2.67 bits per heavy atom. The van der Waals surface area contributed by atoms with Gasteiger partial charge in [0.05, 0.1) is 29.6 Å². The van der Waals surface area contributed by atoms with E-state index in [1.165, 1.54) is 28.8 Å². The molecule has 0 spiro atoms. The quantitative estimate of drug-likeness (QED) is 0.0984. The highest BCUT2D eigenvalue weighted by atomic mass is 32.2. The molecule has 0 radical (unpaired) electrons. The number of nitrogens with one attached hydrogen (secondary N) is 3. The fourth-order valence-corrected chi connectivity index (χ4v) is 7.32. The van der Waals surface area contributed by atoms with Crippen LogP contribution in [0.1, 0.15) is 33.6 Å². The van der Waals surface area contributed by atoms with Crippen molar-refractivity contribution in [2.75, 3.05) is 57.2 Å². The van der Waals surface area contributed by atoms with Gasteiger partial charge in [-0.05, 0) is 76.7 Å². The molecule has 5 rings (SSSR count). The van der Waals surface area contributed by atoms with Crippen molar-refractivity contribution in [1.82, 2.24) is 20.4 Å². The van der Waals surface area contributed by atoms with Crippen molar-refractivity contribution in [1.29, 1.82) is 0 Å². The molecule has 1 amide bonds. The Morgan fingerprint density at radius 1 is 1.11 bits per heavy atom. The number of carboxylic acids is 1. The zero-order valence-electron chi connectivity index (χ0n) is 25.8. The number of aliphatic carboxylic acids is 1. The molecule has 11 nitrogen and oxygen atoms in total. The lowest BCUT2D eigenvalue weighted by Gasteiger charge is -2.34. The van der Waals surface area contributed by atoms with Crippen molar-refractivity contribution in [2.45, 2.75) is 36.7 Å². The number of benzene rings is 2. The summed E-state index contributed by atoms with van der Waals surface area (Å²) in [5, 5.41) is 26.2. The maximum Gasteiger partial charge on any atom is 0.326 e. The fraction of sp³-hybridized carbons (Fsp3) is 0.394. The number of piperazine rings is 1. The Balaban J connectivity index is 1.25. The molecule has 2 aliphatic rings. The summed E-state index contributed by atoms with van der Waals surface area (Å²) < 4.78 is 9.33. The summed E-state index contributed by atoms with van der Waals surface area (Å²) in [4.78, 5) is 31.0. The average Bonchev–Trinajstić information content (AvgIpc) is 3.72. The average molecular weight is 667 g/mol. The molecule has 13 heteroatoms. The van der Waals surface area contributed by atoms with Crippen LogP contribution in [0.3, 0.4) is 0 Å². The van der Waals surface area contributed by atoms with E-state index >= 15 is 0 Å². The maximum absolute atomic E-state index is 13.1. The first-order valence-corrected chi connectivity index (χ1v) is 17.2. The van der Waals surface area contributed by atoms with Gasteiger partial charge in [0.25, 0.3) is 5.91 Å². The third kappa shape index (κ3) is 8.95. The van der Waals surface area contributed by atoms with E-state index in [9.17, 15) is 19.8 Å². The van der Waals surface area contributed by atoms with Gasteiger partial charge >= 0.3 is 5.97 Å². The Bertz CT molecular complexity index is 1520. The predicted octanol–water partition coefficient (Wildman–Crippen LogP) is 3.56. The van der Waals surface area contributed by atoms with Gasteiger partial charge in [-0.15, -0.1) is 11.3 Å². The monoisotopic (exact) mass is 666 g/mol. The third-order valence-corrected chi connectivity index (χ3v) is 9.82. The number of amides is 1. The molecular weight excluding hydrogens is 625 g/mol. The van der Waals surface area contributed by atoms with Crippen LogP contribution >= 0.6 is 23.3 Å². The predicted molar refractivity (Wildman–Crippen MR) is 183 cm³/mol. The van der Waals surface area contributed by atoms with E-state index in [2.05, 4.69) is 68.1 Å². The van der Waals surface area contributed by atoms with Gasteiger partial charge in [0.1, 0.15) is 16.7 Å². The number of aliphatic hydroxyl groups is 1. The molecule has 3 heterocycles. The molecule has 46 heavy (non-hydrogen) atoms. The first-order chi connectivity index (χ1) is 22.3. The highest BCUT2D eigenvalue weighted by molar-refractivity contribution is 8.00. The summed E-state index contributed by atoms with van der Waals surface area (Å²) in [6, 6.07) is 13.8. The maximum atomic E-state index is 13.1. The summed E-state index contributed by atoms with van der Waals surface area (Å²) in [6.07, 6.45) is 1.58. The number of fused-ring (bicyclic) bond motifs is 1. The second-order valence-corrected chi connectivity index (χ2v) is 13.2. The molecule has 1 atom stereocenters. The van der Waals surface area contributed by atoms with Crippen molar-refractivity contribution < 1.29 is 24.5 Å². The van der Waals surface area contributed by atoms with Crippen LogP contribution in [0.15, 0.2) is 65.1 Å². The minimum absolute atomic E-state index is 0.201. The van der Waals surface area contributed by atoms with E-state index in [1.807, 2.05) is 6.07 Å². The summed E-state index contributed by atoms with van der Waals surface area (Å²) in [6.45, 7) is 10.4. The van der Waals surface area contributed by atoms with Crippen molar-refractivity contribution >= 4 is 40.8 Å². The second kappa shape index (κ2) is 16.2. The largest absolute Gasteiger partial charge is 0.492 e. The van der Waals surface area contributed by atoms with Crippen LogP contribution < -0.4 is 25.8 Å². The van der Waals surface area contributed by atoms with E-state index in [-0.39, 0.29) is 13.0 Å². The van der Waals surface area contributed by atoms with Gasteiger partial charge in [-0.3, -0.25) is 14.6 Å². The Kier molecular flexibility index (Phi) is 11.8. The van der Waals surface area contributed by atoms with E-state index in [0.29, 0.717) is 36.0 Å². The molecule has 0 bridgehead atoms. The van der Waals surface area contributed by atoms with Gasteiger partial charge in [-0.1, -0.05) is 24.8 Å². The van der Waals surface area contributed by atoms with E-state index in [4.69, 9.17) is 10.5 Å². The second-order valence-electron chi connectivity index (χ2n) is 11.4. The lowest BCUT2D eigenvalue weighted by atomic mass is 10.00. The number of hydrogen-bond acceptors (Lipinski definition) is 11. The van der Waals surface area contributed by atoms with Crippen LogP contribution in [-0.4, -0.2) is 90.4 Å². The van der Waals surface area contributed by atoms with Crippen molar-refractivity contribution in [3.8, 4) is 16.9 Å². The van der Waals surface area contributed by atoms with Gasteiger partial charge in [-0.25, -0.2) is 4.79 Å². The molecular formula is C33H42N6O5S2. The normalized spacial score (nSPS) is 15.5. The van der Waals surface area contributed by atoms with Crippen LogP contribution in [0.2, 0.25) is 0 Å². The van der Waals surface area contributed by atoms with Crippen molar-refractivity contribution in [3.05, 3.63) is 76.2 Å². The van der Waals surface area contributed by atoms with E-state index < -0.39 is 17.9 Å². The molecule has 1 aromatic heterocycles. The Labute approximate surface area is 277 Å². The van der Waals surface area contributed by atoms with Crippen molar-refractivity contribution in [3.63, 3.8) is 0 Å². The molecule has 7 N–H and O–H groups in total.